The lowest BCUT2D eigenvalue weighted by molar-refractivity contribution is 0.418. The summed E-state index contributed by atoms with van der Waals surface area (Å²) in [7, 11) is 3.58. The third-order valence-corrected chi connectivity index (χ3v) is 2.19. The second-order valence-corrected chi connectivity index (χ2v) is 3.15. The monoisotopic (exact) mass is 176 g/mol. The predicted octanol–water partition coefficient (Wildman–Crippen LogP) is 1.89. The molecule has 1 aromatic heterocycles. The zero-order valence-corrected chi connectivity index (χ0v) is 8.03. The highest BCUT2D eigenvalue weighted by molar-refractivity contribution is 5.87. The highest BCUT2D eigenvalue weighted by Gasteiger charge is 2.06. The van der Waals surface area contributed by atoms with Gasteiger partial charge in [0.15, 0.2) is 0 Å². The summed E-state index contributed by atoms with van der Waals surface area (Å²) >= 11 is 0. The van der Waals surface area contributed by atoms with Gasteiger partial charge in [0.05, 0.1) is 7.11 Å². The van der Waals surface area contributed by atoms with Crippen molar-refractivity contribution < 1.29 is 4.74 Å². The maximum absolute atomic E-state index is 5.22. The van der Waals surface area contributed by atoms with Crippen LogP contribution in [0.15, 0.2) is 18.3 Å². The maximum atomic E-state index is 5.22. The van der Waals surface area contributed by atoms with Crippen LogP contribution in [-0.4, -0.2) is 16.9 Å². The third kappa shape index (κ3) is 1.16. The van der Waals surface area contributed by atoms with Crippen molar-refractivity contribution in [2.45, 2.75) is 6.92 Å². The first-order valence-electron chi connectivity index (χ1n) is 4.19. The Morgan fingerprint density at radius 2 is 2.15 bits per heavy atom. The first-order valence-corrected chi connectivity index (χ1v) is 4.19. The zero-order valence-electron chi connectivity index (χ0n) is 8.03. The van der Waals surface area contributed by atoms with Crippen molar-refractivity contribution >= 4 is 10.9 Å². The molecule has 0 spiro atoms. The number of hydrogen-bond acceptors (Lipinski definition) is 2. The van der Waals surface area contributed by atoms with Crippen molar-refractivity contribution in [3.05, 3.63) is 23.9 Å². The molecule has 0 atom stereocenters. The molecule has 3 nitrogen and oxygen atoms in total. The molecule has 0 aliphatic heterocycles. The molecule has 0 fully saturated rings. The zero-order chi connectivity index (χ0) is 9.42. The molecule has 68 valence electrons. The Hall–Kier alpha value is -1.51. The van der Waals surface area contributed by atoms with Gasteiger partial charge in [-0.05, 0) is 18.6 Å². The molecule has 0 bridgehead atoms. The lowest BCUT2D eigenvalue weighted by atomic mass is 10.1. The van der Waals surface area contributed by atoms with Gasteiger partial charge in [-0.3, -0.25) is 4.68 Å². The van der Waals surface area contributed by atoms with Crippen LogP contribution in [0, 0.1) is 6.92 Å². The van der Waals surface area contributed by atoms with Crippen molar-refractivity contribution in [1.82, 2.24) is 9.78 Å². The summed E-state index contributed by atoms with van der Waals surface area (Å²) in [6, 6.07) is 3.99. The van der Waals surface area contributed by atoms with Gasteiger partial charge >= 0.3 is 0 Å². The van der Waals surface area contributed by atoms with Crippen LogP contribution in [0.4, 0.5) is 0 Å². The number of aromatic nitrogens is 2. The lowest BCUT2D eigenvalue weighted by Gasteiger charge is -2.01. The van der Waals surface area contributed by atoms with Gasteiger partial charge in [0.2, 0.25) is 0 Å². The van der Waals surface area contributed by atoms with Crippen molar-refractivity contribution in [3.8, 4) is 5.75 Å². The fourth-order valence-corrected chi connectivity index (χ4v) is 1.49. The molecule has 13 heavy (non-hydrogen) atoms. The van der Waals surface area contributed by atoms with Crippen LogP contribution in [0.3, 0.4) is 0 Å². The normalized spacial score (nSPS) is 10.7. The number of ether oxygens (including phenoxy) is 1. The Balaban J connectivity index is 2.83. The van der Waals surface area contributed by atoms with Crippen LogP contribution in [0.5, 0.6) is 5.75 Å². The van der Waals surface area contributed by atoms with E-state index < -0.39 is 0 Å². The van der Waals surface area contributed by atoms with E-state index in [9.17, 15) is 0 Å². The van der Waals surface area contributed by atoms with E-state index in [0.29, 0.717) is 0 Å². The second kappa shape index (κ2) is 2.76. The number of methoxy groups -OCH3 is 1. The Morgan fingerprint density at radius 3 is 2.85 bits per heavy atom. The van der Waals surface area contributed by atoms with E-state index in [1.807, 2.05) is 25.4 Å². The van der Waals surface area contributed by atoms with Crippen molar-refractivity contribution in [1.29, 1.82) is 0 Å². The second-order valence-electron chi connectivity index (χ2n) is 3.15. The highest BCUT2D eigenvalue weighted by Crippen LogP contribution is 2.26. The standard InChI is InChI=1S/C10H12N2O/c1-7-4-5-9(13-3)10-8(7)6-12(2)11-10/h4-6H,1-3H3. The maximum Gasteiger partial charge on any atom is 0.146 e. The number of benzene rings is 1. The minimum absolute atomic E-state index is 0.834. The van der Waals surface area contributed by atoms with E-state index in [0.717, 1.165) is 16.7 Å². The SMILES string of the molecule is COc1ccc(C)c2cn(C)nc12. The quantitative estimate of drug-likeness (QED) is 0.663. The van der Waals surface area contributed by atoms with Gasteiger partial charge < -0.3 is 4.74 Å². The van der Waals surface area contributed by atoms with Crippen LogP contribution < -0.4 is 4.74 Å². The van der Waals surface area contributed by atoms with Crippen molar-refractivity contribution in [2.24, 2.45) is 7.05 Å². The molecule has 0 N–H and O–H groups in total. The van der Waals surface area contributed by atoms with E-state index in [-0.39, 0.29) is 0 Å². The number of hydrogen-bond donors (Lipinski definition) is 0. The molecular formula is C10H12N2O. The summed E-state index contributed by atoms with van der Waals surface area (Å²) < 4.78 is 7.03. The molecule has 0 saturated carbocycles. The first kappa shape index (κ1) is 8.10. The molecule has 0 amide bonds. The fourth-order valence-electron chi connectivity index (χ4n) is 1.49. The Kier molecular flexibility index (Phi) is 1.72. The third-order valence-electron chi connectivity index (χ3n) is 2.19. The first-order chi connectivity index (χ1) is 6.22. The summed E-state index contributed by atoms with van der Waals surface area (Å²) in [6.45, 7) is 2.07. The minimum atomic E-state index is 0.834. The molecule has 2 aromatic rings. The lowest BCUT2D eigenvalue weighted by Crippen LogP contribution is -1.88. The number of aryl methyl sites for hydroxylation is 2. The fraction of sp³-hybridized carbons (Fsp3) is 0.300. The highest BCUT2D eigenvalue weighted by atomic mass is 16.5. The molecule has 2 rings (SSSR count). The van der Waals surface area contributed by atoms with Crippen molar-refractivity contribution in [3.63, 3.8) is 0 Å². The smallest absolute Gasteiger partial charge is 0.146 e. The molecule has 0 aliphatic rings. The Labute approximate surface area is 76.9 Å². The molecule has 0 radical (unpaired) electrons. The molecule has 0 saturated heterocycles. The molecule has 1 aromatic carbocycles. The van der Waals surface area contributed by atoms with Gasteiger partial charge in [-0.2, -0.15) is 5.10 Å². The van der Waals surface area contributed by atoms with Gasteiger partial charge in [-0.25, -0.2) is 0 Å². The van der Waals surface area contributed by atoms with E-state index in [4.69, 9.17) is 4.74 Å². The van der Waals surface area contributed by atoms with Crippen LogP contribution in [0.2, 0.25) is 0 Å². The average molecular weight is 176 g/mol. The molecule has 0 unspecified atom stereocenters. The summed E-state index contributed by atoms with van der Waals surface area (Å²) in [5.41, 5.74) is 2.16. The minimum Gasteiger partial charge on any atom is -0.494 e. The average Bonchev–Trinajstić information content (AvgIpc) is 2.48. The molecular weight excluding hydrogens is 164 g/mol. The number of rotatable bonds is 1. The molecule has 0 aliphatic carbocycles. The van der Waals surface area contributed by atoms with Crippen LogP contribution >= 0.6 is 0 Å². The van der Waals surface area contributed by atoms with E-state index in [1.54, 1.807) is 11.8 Å². The van der Waals surface area contributed by atoms with Crippen LogP contribution in [0.25, 0.3) is 10.9 Å². The van der Waals surface area contributed by atoms with Gasteiger partial charge in [-0.1, -0.05) is 6.07 Å². The summed E-state index contributed by atoms with van der Waals surface area (Å²) in [5, 5.41) is 5.49. The summed E-state index contributed by atoms with van der Waals surface area (Å²) in [6.07, 6.45) is 2.01. The van der Waals surface area contributed by atoms with Gasteiger partial charge in [0.25, 0.3) is 0 Å². The molecule has 3 heteroatoms. The van der Waals surface area contributed by atoms with Gasteiger partial charge in [0.1, 0.15) is 11.3 Å². The topological polar surface area (TPSA) is 27.1 Å². The molecule has 1 heterocycles. The van der Waals surface area contributed by atoms with Crippen LogP contribution in [0.1, 0.15) is 5.56 Å². The largest absolute Gasteiger partial charge is 0.494 e. The van der Waals surface area contributed by atoms with E-state index >= 15 is 0 Å². The van der Waals surface area contributed by atoms with Gasteiger partial charge in [-0.15, -0.1) is 0 Å². The number of nitrogens with zero attached hydrogens (tertiary/aromatic N) is 2. The summed E-state index contributed by atoms with van der Waals surface area (Å²) in [5.74, 6) is 0.834. The van der Waals surface area contributed by atoms with Gasteiger partial charge in [0, 0.05) is 18.6 Å². The van der Waals surface area contributed by atoms with E-state index in [1.165, 1.54) is 5.56 Å². The van der Waals surface area contributed by atoms with Crippen LogP contribution in [-0.2, 0) is 7.05 Å². The Morgan fingerprint density at radius 1 is 1.38 bits per heavy atom. The van der Waals surface area contributed by atoms with E-state index in [2.05, 4.69) is 12.0 Å². The number of fused-ring (bicyclic) bond motifs is 1. The van der Waals surface area contributed by atoms with Crippen molar-refractivity contribution in [2.75, 3.05) is 7.11 Å². The predicted molar refractivity (Wildman–Crippen MR) is 52.0 cm³/mol. The summed E-state index contributed by atoms with van der Waals surface area (Å²) in [4.78, 5) is 0. The Bertz CT molecular complexity index is 445.